The Balaban J connectivity index is 1.95. The van der Waals surface area contributed by atoms with Crippen molar-refractivity contribution in [1.29, 1.82) is 0 Å². The van der Waals surface area contributed by atoms with Gasteiger partial charge in [0.15, 0.2) is 5.16 Å². The first-order chi connectivity index (χ1) is 9.56. The second-order valence-corrected chi connectivity index (χ2v) is 6.05. The summed E-state index contributed by atoms with van der Waals surface area (Å²) in [6, 6.07) is 3.33. The van der Waals surface area contributed by atoms with E-state index in [-0.39, 0.29) is 5.75 Å². The van der Waals surface area contributed by atoms with E-state index in [9.17, 15) is 9.90 Å². The summed E-state index contributed by atoms with van der Waals surface area (Å²) in [4.78, 5) is 15.3. The van der Waals surface area contributed by atoms with Crippen molar-refractivity contribution in [2.75, 3.05) is 0 Å². The largest absolute Gasteiger partial charge is 0.506 e. The minimum Gasteiger partial charge on any atom is -0.506 e. The maximum absolute atomic E-state index is 11.5. The van der Waals surface area contributed by atoms with Crippen LogP contribution >= 0.6 is 43.6 Å². The molecular formula is C10H7Br2N5O2S. The first kappa shape index (κ1) is 15.0. The molecule has 0 fully saturated rings. The Morgan fingerprint density at radius 2 is 2.15 bits per heavy atom. The van der Waals surface area contributed by atoms with Crippen LogP contribution in [0.3, 0.4) is 0 Å². The Labute approximate surface area is 134 Å². The third-order valence-electron chi connectivity index (χ3n) is 1.99. The van der Waals surface area contributed by atoms with E-state index in [1.165, 1.54) is 12.5 Å². The molecule has 0 saturated heterocycles. The van der Waals surface area contributed by atoms with Crippen molar-refractivity contribution >= 4 is 55.1 Å². The summed E-state index contributed by atoms with van der Waals surface area (Å²) in [7, 11) is 0. The molecular weight excluding hydrogens is 414 g/mol. The molecule has 10 heteroatoms. The molecule has 0 aliphatic rings. The number of nitrogens with zero attached hydrogens (tertiary/aromatic N) is 3. The highest BCUT2D eigenvalue weighted by Crippen LogP contribution is 2.32. The number of phenolic OH excluding ortho intramolecular Hbond substituents is 1. The normalized spacial score (nSPS) is 10.9. The topological polar surface area (TPSA) is 103 Å². The summed E-state index contributed by atoms with van der Waals surface area (Å²) >= 11 is 7.25. The van der Waals surface area contributed by atoms with Gasteiger partial charge < -0.3 is 5.11 Å². The molecule has 0 bridgehead atoms. The van der Waals surface area contributed by atoms with Crippen molar-refractivity contribution < 1.29 is 9.90 Å². The van der Waals surface area contributed by atoms with E-state index in [1.807, 2.05) is 0 Å². The minimum atomic E-state index is -0.394. The molecule has 1 heterocycles. The number of amides is 1. The van der Waals surface area contributed by atoms with Crippen molar-refractivity contribution in [3.63, 3.8) is 0 Å². The fourth-order valence-electron chi connectivity index (χ4n) is 1.17. The number of thioether (sulfide) groups is 1. The van der Waals surface area contributed by atoms with Crippen LogP contribution in [0.15, 0.2) is 37.7 Å². The van der Waals surface area contributed by atoms with E-state index in [4.69, 9.17) is 0 Å². The highest BCUT2D eigenvalue weighted by atomic mass is 79.9. The number of hydrogen-bond donors (Lipinski definition) is 3. The zero-order valence-corrected chi connectivity index (χ0v) is 13.7. The third-order valence-corrected chi connectivity index (χ3v) is 3.87. The lowest BCUT2D eigenvalue weighted by Crippen LogP contribution is -2.11. The number of phenols is 1. The molecule has 0 aliphatic carbocycles. The van der Waals surface area contributed by atoms with Gasteiger partial charge in [-0.05, 0) is 49.6 Å². The van der Waals surface area contributed by atoms with Crippen LogP contribution in [-0.2, 0) is 0 Å². The van der Waals surface area contributed by atoms with E-state index >= 15 is 0 Å². The third kappa shape index (κ3) is 4.05. The van der Waals surface area contributed by atoms with Gasteiger partial charge in [-0.2, -0.15) is 10.2 Å². The molecule has 3 N–H and O–H groups in total. The van der Waals surface area contributed by atoms with Gasteiger partial charge >= 0.3 is 5.24 Å². The minimum absolute atomic E-state index is 0.104. The molecule has 7 nitrogen and oxygen atoms in total. The highest BCUT2D eigenvalue weighted by Gasteiger charge is 2.06. The number of aromatic amines is 1. The first-order valence-electron chi connectivity index (χ1n) is 5.10. The van der Waals surface area contributed by atoms with Crippen molar-refractivity contribution in [2.45, 2.75) is 5.16 Å². The predicted octanol–water partition coefficient (Wildman–Crippen LogP) is 2.87. The van der Waals surface area contributed by atoms with Crippen LogP contribution in [0.4, 0.5) is 4.79 Å². The van der Waals surface area contributed by atoms with Crippen LogP contribution in [0.1, 0.15) is 5.56 Å². The highest BCUT2D eigenvalue weighted by molar-refractivity contribution is 9.11. The Morgan fingerprint density at radius 3 is 2.75 bits per heavy atom. The van der Waals surface area contributed by atoms with Crippen LogP contribution in [-0.4, -0.2) is 31.7 Å². The first-order valence-corrected chi connectivity index (χ1v) is 7.51. The number of hydrogen-bond acceptors (Lipinski definition) is 6. The SMILES string of the molecule is O=C(N/N=C/c1cc(Br)c(O)c(Br)c1)Sc1ncn[nH]1. The second-order valence-electron chi connectivity index (χ2n) is 3.38. The van der Waals surface area contributed by atoms with Crippen LogP contribution < -0.4 is 5.43 Å². The van der Waals surface area contributed by atoms with Gasteiger partial charge in [0, 0.05) is 11.8 Å². The summed E-state index contributed by atoms with van der Waals surface area (Å²) in [5, 5.41) is 19.5. The van der Waals surface area contributed by atoms with Gasteiger partial charge in [0.2, 0.25) is 0 Å². The molecule has 2 rings (SSSR count). The number of halogens is 2. The quantitative estimate of drug-likeness (QED) is 0.402. The molecule has 0 saturated carbocycles. The average Bonchev–Trinajstić information content (AvgIpc) is 2.88. The van der Waals surface area contributed by atoms with Crippen molar-refractivity contribution in [3.8, 4) is 5.75 Å². The lowest BCUT2D eigenvalue weighted by Gasteiger charge is -2.02. The van der Waals surface area contributed by atoms with Gasteiger partial charge in [0.05, 0.1) is 15.2 Å². The lowest BCUT2D eigenvalue weighted by atomic mass is 10.2. The number of carbonyl (C=O) groups excluding carboxylic acids is 1. The molecule has 1 aromatic carbocycles. The summed E-state index contributed by atoms with van der Waals surface area (Å²) in [6.07, 6.45) is 2.76. The molecule has 0 radical (unpaired) electrons. The van der Waals surface area contributed by atoms with Gasteiger partial charge in [0.25, 0.3) is 0 Å². The van der Waals surface area contributed by atoms with Gasteiger partial charge in [-0.3, -0.25) is 9.89 Å². The Kier molecular flexibility index (Phi) is 5.15. The summed E-state index contributed by atoms with van der Waals surface area (Å²) in [6.45, 7) is 0. The second kappa shape index (κ2) is 6.86. The van der Waals surface area contributed by atoms with Crippen LogP contribution in [0.25, 0.3) is 0 Å². The molecule has 1 amide bonds. The number of hydrazone groups is 1. The number of carbonyl (C=O) groups is 1. The predicted molar refractivity (Wildman–Crippen MR) is 81.9 cm³/mol. The monoisotopic (exact) mass is 419 g/mol. The van der Waals surface area contributed by atoms with Gasteiger partial charge in [-0.1, -0.05) is 0 Å². The number of aromatic nitrogens is 3. The fourth-order valence-corrected chi connectivity index (χ4v) is 2.87. The van der Waals surface area contributed by atoms with Gasteiger partial charge in [0.1, 0.15) is 12.1 Å². The number of H-pyrrole nitrogens is 1. The van der Waals surface area contributed by atoms with Gasteiger partial charge in [-0.25, -0.2) is 10.4 Å². The molecule has 0 spiro atoms. The van der Waals surface area contributed by atoms with Crippen molar-refractivity contribution in [3.05, 3.63) is 33.0 Å². The fraction of sp³-hybridized carbons (Fsp3) is 0. The molecule has 1 aromatic heterocycles. The van der Waals surface area contributed by atoms with E-state index in [0.29, 0.717) is 19.7 Å². The van der Waals surface area contributed by atoms with Crippen molar-refractivity contribution in [2.24, 2.45) is 5.10 Å². The molecule has 0 atom stereocenters. The lowest BCUT2D eigenvalue weighted by molar-refractivity contribution is 0.261. The molecule has 2 aromatic rings. The standard InChI is InChI=1S/C10H7Br2N5O2S/c11-6-1-5(2-7(12)8(6)18)3-14-17-10(19)20-9-13-4-15-16-9/h1-4,18H,(H,17,19)(H,13,15,16)/b14-3+. The van der Waals surface area contributed by atoms with Gasteiger partial charge in [-0.15, -0.1) is 0 Å². The van der Waals surface area contributed by atoms with E-state index in [0.717, 1.165) is 11.8 Å². The maximum Gasteiger partial charge on any atom is 0.306 e. The summed E-state index contributed by atoms with van der Waals surface area (Å²) < 4.78 is 1.05. The number of nitrogens with one attached hydrogen (secondary N) is 2. The Morgan fingerprint density at radius 1 is 1.45 bits per heavy atom. The number of rotatable bonds is 3. The van der Waals surface area contributed by atoms with Crippen molar-refractivity contribution in [1.82, 2.24) is 20.6 Å². The Hall–Kier alpha value is -1.39. The zero-order valence-electron chi connectivity index (χ0n) is 9.67. The molecule has 0 unspecified atom stereocenters. The maximum atomic E-state index is 11.5. The van der Waals surface area contributed by atoms with Crippen LogP contribution in [0.2, 0.25) is 0 Å². The van der Waals surface area contributed by atoms with E-state index in [2.05, 4.69) is 57.6 Å². The smallest absolute Gasteiger partial charge is 0.306 e. The van der Waals surface area contributed by atoms with Crippen LogP contribution in [0, 0.1) is 0 Å². The average molecular weight is 421 g/mol. The van der Waals surface area contributed by atoms with E-state index in [1.54, 1.807) is 12.1 Å². The number of benzene rings is 1. The molecule has 20 heavy (non-hydrogen) atoms. The van der Waals surface area contributed by atoms with E-state index < -0.39 is 5.24 Å². The van der Waals surface area contributed by atoms with Crippen LogP contribution in [0.5, 0.6) is 5.75 Å². The molecule has 0 aliphatic heterocycles. The Bertz CT molecular complexity index is 624. The number of aromatic hydroxyl groups is 1. The summed E-state index contributed by atoms with van der Waals surface area (Å²) in [5.41, 5.74) is 3.04. The zero-order chi connectivity index (χ0) is 14.5. The summed E-state index contributed by atoms with van der Waals surface area (Å²) in [5.74, 6) is 0.104. The molecule has 104 valence electrons.